The van der Waals surface area contributed by atoms with Crippen LogP contribution in [0.1, 0.15) is 31.5 Å². The van der Waals surface area contributed by atoms with Crippen molar-refractivity contribution >= 4 is 23.7 Å². The van der Waals surface area contributed by atoms with Crippen LogP contribution >= 0.6 is 11.8 Å². The maximum absolute atomic E-state index is 11.7. The standard InChI is InChI=1S/C12H20N6O2S/c1-18-9(6-13)16-17-12(18)21-7-10(19)15-11(20)14-8-4-2-3-5-8/h8H,2-7,13H2,1H3,(H2,14,15,19,20). The predicted molar refractivity (Wildman–Crippen MR) is 78.5 cm³/mol. The lowest BCUT2D eigenvalue weighted by Gasteiger charge is -2.12. The fraction of sp³-hybridized carbons (Fsp3) is 0.667. The second-order valence-electron chi connectivity index (χ2n) is 4.95. The van der Waals surface area contributed by atoms with E-state index in [1.807, 2.05) is 0 Å². The summed E-state index contributed by atoms with van der Waals surface area (Å²) >= 11 is 1.22. The van der Waals surface area contributed by atoms with Crippen LogP contribution in [0, 0.1) is 0 Å². The minimum atomic E-state index is -0.423. The molecule has 0 bridgehead atoms. The number of thioether (sulfide) groups is 1. The molecule has 1 aromatic heterocycles. The SMILES string of the molecule is Cn1c(CN)nnc1SCC(=O)NC(=O)NC1CCCC1. The Morgan fingerprint density at radius 1 is 1.38 bits per heavy atom. The lowest BCUT2D eigenvalue weighted by atomic mass is 10.2. The number of nitrogens with two attached hydrogens (primary N) is 1. The fourth-order valence-electron chi connectivity index (χ4n) is 2.23. The molecule has 1 aliphatic rings. The van der Waals surface area contributed by atoms with Gasteiger partial charge in [-0.25, -0.2) is 4.79 Å². The van der Waals surface area contributed by atoms with Crippen molar-refractivity contribution in [1.82, 2.24) is 25.4 Å². The van der Waals surface area contributed by atoms with Gasteiger partial charge in [-0.15, -0.1) is 10.2 Å². The van der Waals surface area contributed by atoms with Crippen molar-refractivity contribution in [1.29, 1.82) is 0 Å². The second-order valence-corrected chi connectivity index (χ2v) is 5.90. The first-order valence-corrected chi connectivity index (χ1v) is 7.90. The Balaban J connectivity index is 1.73. The number of amides is 3. The van der Waals surface area contributed by atoms with Crippen LogP contribution in [0.5, 0.6) is 0 Å². The van der Waals surface area contributed by atoms with E-state index < -0.39 is 6.03 Å². The monoisotopic (exact) mass is 312 g/mol. The summed E-state index contributed by atoms with van der Waals surface area (Å²) in [6, 6.07) is -0.232. The zero-order valence-electron chi connectivity index (χ0n) is 12.0. The van der Waals surface area contributed by atoms with E-state index in [1.165, 1.54) is 11.8 Å². The molecule has 0 aliphatic heterocycles. The molecule has 0 radical (unpaired) electrons. The van der Waals surface area contributed by atoms with Gasteiger partial charge in [0, 0.05) is 13.1 Å². The van der Waals surface area contributed by atoms with E-state index in [2.05, 4.69) is 20.8 Å². The van der Waals surface area contributed by atoms with Crippen LogP contribution in [0.25, 0.3) is 0 Å². The number of hydrogen-bond acceptors (Lipinski definition) is 6. The number of nitrogens with zero attached hydrogens (tertiary/aromatic N) is 3. The lowest BCUT2D eigenvalue weighted by Crippen LogP contribution is -2.44. The summed E-state index contributed by atoms with van der Waals surface area (Å²) in [6.07, 6.45) is 4.23. The first kappa shape index (κ1) is 15.8. The van der Waals surface area contributed by atoms with Gasteiger partial charge in [-0.2, -0.15) is 0 Å². The number of aromatic nitrogens is 3. The summed E-state index contributed by atoms with van der Waals surface area (Å²) in [5.41, 5.74) is 5.50. The van der Waals surface area contributed by atoms with E-state index in [0.717, 1.165) is 25.7 Å². The van der Waals surface area contributed by atoms with Crippen LogP contribution in [0.4, 0.5) is 4.79 Å². The molecule has 1 fully saturated rings. The van der Waals surface area contributed by atoms with Gasteiger partial charge in [0.05, 0.1) is 12.3 Å². The average Bonchev–Trinajstić information content (AvgIpc) is 3.06. The van der Waals surface area contributed by atoms with Crippen molar-refractivity contribution in [3.63, 3.8) is 0 Å². The average molecular weight is 312 g/mol. The molecule has 0 atom stereocenters. The summed E-state index contributed by atoms with van der Waals surface area (Å²) in [4.78, 5) is 23.3. The Hall–Kier alpha value is -1.61. The molecule has 9 heteroatoms. The van der Waals surface area contributed by atoms with Gasteiger partial charge in [-0.3, -0.25) is 10.1 Å². The highest BCUT2D eigenvalue weighted by atomic mass is 32.2. The van der Waals surface area contributed by atoms with Crippen molar-refractivity contribution in [2.75, 3.05) is 5.75 Å². The summed E-state index contributed by atoms with van der Waals surface area (Å²) in [6.45, 7) is 0.292. The van der Waals surface area contributed by atoms with Crippen molar-refractivity contribution in [3.8, 4) is 0 Å². The molecule has 0 aromatic carbocycles. The first-order chi connectivity index (χ1) is 10.1. The van der Waals surface area contributed by atoms with Gasteiger partial charge in [0.25, 0.3) is 0 Å². The summed E-state index contributed by atoms with van der Waals surface area (Å²) < 4.78 is 1.73. The molecule has 0 saturated heterocycles. The topological polar surface area (TPSA) is 115 Å². The number of carbonyl (C=O) groups excluding carboxylic acids is 2. The van der Waals surface area contributed by atoms with E-state index in [0.29, 0.717) is 17.5 Å². The number of carbonyl (C=O) groups is 2. The molecule has 3 amide bonds. The Bertz CT molecular complexity index is 512. The fourth-order valence-corrected chi connectivity index (χ4v) is 2.96. The Morgan fingerprint density at radius 2 is 2.10 bits per heavy atom. The van der Waals surface area contributed by atoms with Gasteiger partial charge in [-0.1, -0.05) is 24.6 Å². The van der Waals surface area contributed by atoms with Crippen LogP contribution in [0.3, 0.4) is 0 Å². The van der Waals surface area contributed by atoms with Gasteiger partial charge in [-0.05, 0) is 12.8 Å². The lowest BCUT2D eigenvalue weighted by molar-refractivity contribution is -0.117. The molecule has 1 heterocycles. The van der Waals surface area contributed by atoms with Crippen LogP contribution in [-0.2, 0) is 18.4 Å². The predicted octanol–water partition coefficient (Wildman–Crippen LogP) is 0.134. The van der Waals surface area contributed by atoms with E-state index in [4.69, 9.17) is 5.73 Å². The largest absolute Gasteiger partial charge is 0.335 e. The summed E-state index contributed by atoms with van der Waals surface area (Å²) in [5, 5.41) is 13.6. The minimum Gasteiger partial charge on any atom is -0.335 e. The molecule has 1 aromatic rings. The number of rotatable bonds is 5. The number of imide groups is 1. The zero-order valence-corrected chi connectivity index (χ0v) is 12.8. The molecular formula is C12H20N6O2S. The van der Waals surface area contributed by atoms with Crippen molar-refractivity contribution in [2.24, 2.45) is 12.8 Å². The number of urea groups is 1. The zero-order chi connectivity index (χ0) is 15.2. The number of nitrogens with one attached hydrogen (secondary N) is 2. The van der Waals surface area contributed by atoms with Gasteiger partial charge >= 0.3 is 6.03 Å². The maximum Gasteiger partial charge on any atom is 0.321 e. The highest BCUT2D eigenvalue weighted by Gasteiger charge is 2.18. The third-order valence-electron chi connectivity index (χ3n) is 3.38. The van der Waals surface area contributed by atoms with Crippen LogP contribution in [0.15, 0.2) is 5.16 Å². The molecule has 8 nitrogen and oxygen atoms in total. The minimum absolute atomic E-state index is 0.106. The summed E-state index contributed by atoms with van der Waals surface area (Å²) in [5.74, 6) is 0.402. The van der Waals surface area contributed by atoms with E-state index in [-0.39, 0.29) is 17.7 Å². The second kappa shape index (κ2) is 7.41. The molecule has 4 N–H and O–H groups in total. The van der Waals surface area contributed by atoms with Crippen molar-refractivity contribution < 1.29 is 9.59 Å². The molecule has 2 rings (SSSR count). The molecule has 1 aliphatic carbocycles. The van der Waals surface area contributed by atoms with Crippen LogP contribution in [-0.4, -0.2) is 38.5 Å². The first-order valence-electron chi connectivity index (χ1n) is 6.91. The van der Waals surface area contributed by atoms with Gasteiger partial charge in [0.15, 0.2) is 5.16 Å². The quantitative estimate of drug-likeness (QED) is 0.666. The van der Waals surface area contributed by atoms with E-state index >= 15 is 0 Å². The molecule has 0 unspecified atom stereocenters. The van der Waals surface area contributed by atoms with Crippen LogP contribution in [0.2, 0.25) is 0 Å². The molecule has 0 spiro atoms. The molecular weight excluding hydrogens is 292 g/mol. The Labute approximate surface area is 127 Å². The van der Waals surface area contributed by atoms with Crippen LogP contribution < -0.4 is 16.4 Å². The van der Waals surface area contributed by atoms with Crippen molar-refractivity contribution in [2.45, 2.75) is 43.4 Å². The summed E-state index contributed by atoms with van der Waals surface area (Å²) in [7, 11) is 1.79. The Kier molecular flexibility index (Phi) is 5.57. The normalized spacial score (nSPS) is 15.1. The van der Waals surface area contributed by atoms with E-state index in [9.17, 15) is 9.59 Å². The Morgan fingerprint density at radius 3 is 2.71 bits per heavy atom. The number of hydrogen-bond donors (Lipinski definition) is 3. The maximum atomic E-state index is 11.7. The van der Waals surface area contributed by atoms with Crippen molar-refractivity contribution in [3.05, 3.63) is 5.82 Å². The highest BCUT2D eigenvalue weighted by Crippen LogP contribution is 2.17. The molecule has 21 heavy (non-hydrogen) atoms. The third kappa shape index (κ3) is 4.43. The molecule has 116 valence electrons. The third-order valence-corrected chi connectivity index (χ3v) is 4.40. The highest BCUT2D eigenvalue weighted by molar-refractivity contribution is 7.99. The van der Waals surface area contributed by atoms with Gasteiger partial charge in [0.2, 0.25) is 5.91 Å². The van der Waals surface area contributed by atoms with Gasteiger partial charge in [0.1, 0.15) is 5.82 Å². The smallest absolute Gasteiger partial charge is 0.321 e. The van der Waals surface area contributed by atoms with E-state index in [1.54, 1.807) is 11.6 Å². The van der Waals surface area contributed by atoms with Gasteiger partial charge < -0.3 is 15.6 Å². The molecule has 1 saturated carbocycles.